The van der Waals surface area contributed by atoms with E-state index in [0.717, 1.165) is 6.04 Å². The molecule has 2 nitrogen and oxygen atoms in total. The Morgan fingerprint density at radius 1 is 1.17 bits per heavy atom. The predicted molar refractivity (Wildman–Crippen MR) is 53.4 cm³/mol. The van der Waals surface area contributed by atoms with Crippen LogP contribution in [0.1, 0.15) is 26.7 Å². The van der Waals surface area contributed by atoms with E-state index in [2.05, 4.69) is 30.7 Å². The van der Waals surface area contributed by atoms with Gasteiger partial charge < -0.3 is 4.90 Å². The zero-order valence-electron chi connectivity index (χ0n) is 8.71. The van der Waals surface area contributed by atoms with Gasteiger partial charge in [0.1, 0.15) is 0 Å². The third-order valence-electron chi connectivity index (χ3n) is 2.87. The monoisotopic (exact) mass is 170 g/mol. The van der Waals surface area contributed by atoms with Gasteiger partial charge in [-0.2, -0.15) is 0 Å². The van der Waals surface area contributed by atoms with E-state index >= 15 is 0 Å². The molecule has 0 aromatic carbocycles. The molecule has 1 aliphatic heterocycles. The number of hydrogen-bond donors (Lipinski definition) is 0. The van der Waals surface area contributed by atoms with Crippen molar-refractivity contribution >= 4 is 0 Å². The fourth-order valence-electron chi connectivity index (χ4n) is 1.86. The van der Waals surface area contributed by atoms with Crippen LogP contribution < -0.4 is 0 Å². The molecule has 0 unspecified atom stereocenters. The van der Waals surface area contributed by atoms with Gasteiger partial charge in [-0.25, -0.2) is 0 Å². The molecule has 1 fully saturated rings. The summed E-state index contributed by atoms with van der Waals surface area (Å²) in [7, 11) is 2.21. The number of piperazine rings is 1. The van der Waals surface area contributed by atoms with Crippen molar-refractivity contribution in [3.8, 4) is 0 Å². The van der Waals surface area contributed by atoms with Crippen LogP contribution in [0.4, 0.5) is 0 Å². The number of rotatable bonds is 3. The Bertz CT molecular complexity index is 117. The molecule has 1 rings (SSSR count). The largest absolute Gasteiger partial charge is 0.304 e. The van der Waals surface area contributed by atoms with Crippen molar-refractivity contribution in [1.29, 1.82) is 0 Å². The molecule has 1 aliphatic rings. The second-order valence-electron chi connectivity index (χ2n) is 3.98. The van der Waals surface area contributed by atoms with Gasteiger partial charge in [-0.15, -0.1) is 0 Å². The molecule has 2 heteroatoms. The van der Waals surface area contributed by atoms with Crippen LogP contribution in [-0.4, -0.2) is 49.1 Å². The summed E-state index contributed by atoms with van der Waals surface area (Å²) in [6.07, 6.45) is 2.66. The molecule has 0 aromatic heterocycles. The molecule has 0 radical (unpaired) electrons. The third kappa shape index (κ3) is 2.76. The zero-order valence-corrected chi connectivity index (χ0v) is 8.71. The Morgan fingerprint density at radius 3 is 2.25 bits per heavy atom. The smallest absolute Gasteiger partial charge is 0.0113 e. The molecule has 12 heavy (non-hydrogen) atoms. The lowest BCUT2D eigenvalue weighted by Crippen LogP contribution is -2.48. The Kier molecular flexibility index (Phi) is 4.02. The minimum atomic E-state index is 0.795. The summed E-state index contributed by atoms with van der Waals surface area (Å²) >= 11 is 0. The molecule has 1 atom stereocenters. The number of hydrogen-bond acceptors (Lipinski definition) is 2. The van der Waals surface area contributed by atoms with E-state index in [4.69, 9.17) is 0 Å². The quantitative estimate of drug-likeness (QED) is 0.632. The van der Waals surface area contributed by atoms with Gasteiger partial charge in [-0.3, -0.25) is 4.90 Å². The van der Waals surface area contributed by atoms with E-state index < -0.39 is 0 Å². The van der Waals surface area contributed by atoms with Crippen LogP contribution in [-0.2, 0) is 0 Å². The molecule has 0 aromatic rings. The van der Waals surface area contributed by atoms with E-state index in [0.29, 0.717) is 0 Å². The van der Waals surface area contributed by atoms with E-state index in [1.807, 2.05) is 0 Å². The standard InChI is InChI=1S/C10H22N2/c1-4-5-10(2)12-8-6-11(3)7-9-12/h10H,4-9H2,1-3H3/t10-/m1/s1. The Balaban J connectivity index is 2.24. The lowest BCUT2D eigenvalue weighted by atomic mass is 10.1. The maximum Gasteiger partial charge on any atom is 0.0113 e. The van der Waals surface area contributed by atoms with Gasteiger partial charge in [-0.1, -0.05) is 13.3 Å². The molecular weight excluding hydrogens is 148 g/mol. The van der Waals surface area contributed by atoms with Gasteiger partial charge in [0.25, 0.3) is 0 Å². The van der Waals surface area contributed by atoms with Gasteiger partial charge in [0.15, 0.2) is 0 Å². The first-order chi connectivity index (χ1) is 5.74. The Morgan fingerprint density at radius 2 is 1.75 bits per heavy atom. The second kappa shape index (κ2) is 4.83. The summed E-state index contributed by atoms with van der Waals surface area (Å²) < 4.78 is 0. The summed E-state index contributed by atoms with van der Waals surface area (Å²) in [6, 6.07) is 0.795. The summed E-state index contributed by atoms with van der Waals surface area (Å²) in [5, 5.41) is 0. The van der Waals surface area contributed by atoms with E-state index in [1.165, 1.54) is 39.0 Å². The SMILES string of the molecule is CCC[C@@H](C)N1CCN(C)CC1. The van der Waals surface area contributed by atoms with Crippen LogP contribution in [0.25, 0.3) is 0 Å². The summed E-state index contributed by atoms with van der Waals surface area (Å²) in [4.78, 5) is 5.03. The van der Waals surface area contributed by atoms with Crippen molar-refractivity contribution in [2.75, 3.05) is 33.2 Å². The van der Waals surface area contributed by atoms with Crippen molar-refractivity contribution in [2.45, 2.75) is 32.7 Å². The lowest BCUT2D eigenvalue weighted by Gasteiger charge is -2.36. The third-order valence-corrected chi connectivity index (χ3v) is 2.87. The highest BCUT2D eigenvalue weighted by atomic mass is 15.3. The maximum atomic E-state index is 2.61. The fourth-order valence-corrected chi connectivity index (χ4v) is 1.86. The van der Waals surface area contributed by atoms with Crippen LogP contribution in [0.3, 0.4) is 0 Å². The summed E-state index contributed by atoms with van der Waals surface area (Å²) in [5.41, 5.74) is 0. The van der Waals surface area contributed by atoms with Crippen molar-refractivity contribution < 1.29 is 0 Å². The minimum absolute atomic E-state index is 0.795. The van der Waals surface area contributed by atoms with Crippen LogP contribution in [0.5, 0.6) is 0 Å². The second-order valence-corrected chi connectivity index (χ2v) is 3.98. The van der Waals surface area contributed by atoms with Crippen LogP contribution in [0.15, 0.2) is 0 Å². The van der Waals surface area contributed by atoms with Gasteiger partial charge >= 0.3 is 0 Å². The summed E-state index contributed by atoms with van der Waals surface area (Å²) in [6.45, 7) is 9.64. The molecule has 0 amide bonds. The number of nitrogens with zero attached hydrogens (tertiary/aromatic N) is 2. The average Bonchev–Trinajstić information content (AvgIpc) is 2.06. The van der Waals surface area contributed by atoms with Crippen molar-refractivity contribution in [3.63, 3.8) is 0 Å². The first kappa shape index (κ1) is 10.0. The van der Waals surface area contributed by atoms with E-state index in [1.54, 1.807) is 0 Å². The van der Waals surface area contributed by atoms with Crippen molar-refractivity contribution in [1.82, 2.24) is 9.80 Å². The Labute approximate surface area is 76.5 Å². The van der Waals surface area contributed by atoms with Gasteiger partial charge in [0.2, 0.25) is 0 Å². The highest BCUT2D eigenvalue weighted by molar-refractivity contribution is 4.73. The first-order valence-electron chi connectivity index (χ1n) is 5.16. The van der Waals surface area contributed by atoms with Crippen LogP contribution in [0, 0.1) is 0 Å². The van der Waals surface area contributed by atoms with E-state index in [-0.39, 0.29) is 0 Å². The predicted octanol–water partition coefficient (Wildman–Crippen LogP) is 1.42. The molecular formula is C10H22N2. The normalized spacial score (nSPS) is 24.2. The Hall–Kier alpha value is -0.0800. The molecule has 72 valence electrons. The van der Waals surface area contributed by atoms with Crippen molar-refractivity contribution in [3.05, 3.63) is 0 Å². The van der Waals surface area contributed by atoms with Gasteiger partial charge in [-0.05, 0) is 20.4 Å². The fraction of sp³-hybridized carbons (Fsp3) is 1.00. The van der Waals surface area contributed by atoms with Crippen LogP contribution in [0.2, 0.25) is 0 Å². The highest BCUT2D eigenvalue weighted by Gasteiger charge is 2.17. The molecule has 0 spiro atoms. The van der Waals surface area contributed by atoms with Gasteiger partial charge in [0.05, 0.1) is 0 Å². The maximum absolute atomic E-state index is 2.61. The van der Waals surface area contributed by atoms with Crippen molar-refractivity contribution in [2.24, 2.45) is 0 Å². The topological polar surface area (TPSA) is 6.48 Å². The lowest BCUT2D eigenvalue weighted by molar-refractivity contribution is 0.114. The summed E-state index contributed by atoms with van der Waals surface area (Å²) in [5.74, 6) is 0. The van der Waals surface area contributed by atoms with E-state index in [9.17, 15) is 0 Å². The average molecular weight is 170 g/mol. The first-order valence-corrected chi connectivity index (χ1v) is 5.16. The van der Waals surface area contributed by atoms with Crippen LogP contribution >= 0.6 is 0 Å². The number of likely N-dealkylation sites (N-methyl/N-ethyl adjacent to an activating group) is 1. The zero-order chi connectivity index (χ0) is 8.97. The van der Waals surface area contributed by atoms with Gasteiger partial charge in [0, 0.05) is 32.2 Å². The minimum Gasteiger partial charge on any atom is -0.304 e. The highest BCUT2D eigenvalue weighted by Crippen LogP contribution is 2.08. The molecule has 0 saturated carbocycles. The molecule has 0 bridgehead atoms. The molecule has 1 saturated heterocycles. The molecule has 0 N–H and O–H groups in total. The molecule has 0 aliphatic carbocycles. The molecule has 1 heterocycles.